The fourth-order valence-electron chi connectivity index (χ4n) is 2.01. The molecule has 0 spiro atoms. The molecule has 96 valence electrons. The van der Waals surface area contributed by atoms with Gasteiger partial charge in [-0.3, -0.25) is 0 Å². The number of hydrogen-bond acceptors (Lipinski definition) is 1. The predicted molar refractivity (Wildman–Crippen MR) is 72.1 cm³/mol. The summed E-state index contributed by atoms with van der Waals surface area (Å²) in [7, 11) is 0. The first-order chi connectivity index (χ1) is 7.68. The molecule has 0 atom stereocenters. The summed E-state index contributed by atoms with van der Waals surface area (Å²) in [5.74, 6) is 0. The monoisotopic (exact) mass is 227 g/mol. The molecule has 16 heavy (non-hydrogen) atoms. The van der Waals surface area contributed by atoms with Crippen molar-refractivity contribution in [2.24, 2.45) is 0 Å². The Kier molecular flexibility index (Phi) is 9.65. The molecule has 2 nitrogen and oxygen atoms in total. The zero-order chi connectivity index (χ0) is 12.3. The summed E-state index contributed by atoms with van der Waals surface area (Å²) < 4.78 is -0.0305. The van der Waals surface area contributed by atoms with Gasteiger partial charge in [0.25, 0.3) is 0 Å². The molecule has 0 saturated carbocycles. The average Bonchev–Trinajstić information content (AvgIpc) is 2.24. The lowest BCUT2D eigenvalue weighted by Gasteiger charge is -2.41. The first kappa shape index (κ1) is 15.7. The normalized spacial score (nSPS) is 12.5. The van der Waals surface area contributed by atoms with E-state index in [2.05, 4.69) is 32.9 Å². The number of nitrogens with zero attached hydrogens (tertiary/aromatic N) is 1. The smallest absolute Gasteiger partial charge is 0.0971 e. The van der Waals surface area contributed by atoms with Crippen LogP contribution >= 0.6 is 0 Å². The molecule has 0 radical (unpaired) electrons. The molecule has 0 fully saturated rings. The highest BCUT2D eigenvalue weighted by Gasteiger charge is 2.11. The van der Waals surface area contributed by atoms with Gasteiger partial charge in [-0.05, 0) is 31.8 Å². The van der Waals surface area contributed by atoms with Crippen molar-refractivity contribution in [1.82, 2.24) is 0 Å². The van der Waals surface area contributed by atoms with Gasteiger partial charge in [0.2, 0.25) is 0 Å². The molecule has 0 aromatic carbocycles. The van der Waals surface area contributed by atoms with Crippen LogP contribution in [0, 0.1) is 5.21 Å². The highest BCUT2D eigenvalue weighted by atomic mass is 16.5. The van der Waals surface area contributed by atoms with Crippen molar-refractivity contribution in [3.8, 4) is 0 Å². The maximum Gasteiger partial charge on any atom is 0.0971 e. The van der Waals surface area contributed by atoms with Crippen molar-refractivity contribution in [3.05, 3.63) is 17.4 Å². The molecule has 0 bridgehead atoms. The first-order valence-corrected chi connectivity index (χ1v) is 6.90. The lowest BCUT2D eigenvalue weighted by atomic mass is 10.2. The summed E-state index contributed by atoms with van der Waals surface area (Å²) in [6, 6.07) is 0. The van der Waals surface area contributed by atoms with Crippen molar-refractivity contribution >= 4 is 0 Å². The number of rotatable bonds is 10. The number of hydroxylamine groups is 3. The topological polar surface area (TPSA) is 23.1 Å². The van der Waals surface area contributed by atoms with Crippen molar-refractivity contribution in [3.63, 3.8) is 0 Å². The summed E-state index contributed by atoms with van der Waals surface area (Å²) in [6.45, 7) is 8.57. The number of hydrogen-bond donors (Lipinski definition) is 0. The van der Waals surface area contributed by atoms with Crippen LogP contribution in [-0.4, -0.2) is 24.3 Å². The second-order valence-electron chi connectivity index (χ2n) is 4.66. The molecule has 0 aliphatic rings. The molecule has 0 saturated heterocycles. The van der Waals surface area contributed by atoms with Crippen LogP contribution in [0.4, 0.5) is 0 Å². The highest BCUT2D eigenvalue weighted by molar-refractivity contribution is 4.81. The third kappa shape index (κ3) is 7.89. The van der Waals surface area contributed by atoms with Crippen LogP contribution in [0.1, 0.15) is 59.3 Å². The third-order valence-corrected chi connectivity index (χ3v) is 2.84. The highest BCUT2D eigenvalue weighted by Crippen LogP contribution is 2.08. The largest absolute Gasteiger partial charge is 0.633 e. The molecule has 0 aliphatic heterocycles. The number of unbranched alkanes of at least 4 members (excludes halogenated alkanes) is 3. The van der Waals surface area contributed by atoms with Gasteiger partial charge in [0, 0.05) is 0 Å². The minimum absolute atomic E-state index is 0.0305. The van der Waals surface area contributed by atoms with Crippen LogP contribution in [0.15, 0.2) is 12.2 Å². The summed E-state index contributed by atoms with van der Waals surface area (Å²) in [5, 5.41) is 12.3. The van der Waals surface area contributed by atoms with Crippen LogP contribution < -0.4 is 0 Å². The lowest BCUT2D eigenvalue weighted by molar-refractivity contribution is -0.875. The fourth-order valence-corrected chi connectivity index (χ4v) is 2.01. The Hall–Kier alpha value is -0.340. The summed E-state index contributed by atoms with van der Waals surface area (Å²) in [4.78, 5) is 0. The maximum atomic E-state index is 12.3. The van der Waals surface area contributed by atoms with Gasteiger partial charge in [-0.2, -0.15) is 0 Å². The van der Waals surface area contributed by atoms with Gasteiger partial charge in [0.05, 0.1) is 19.6 Å². The fraction of sp³-hybridized carbons (Fsp3) is 0.857. The lowest BCUT2D eigenvalue weighted by Crippen LogP contribution is -2.43. The van der Waals surface area contributed by atoms with Gasteiger partial charge in [-0.25, -0.2) is 0 Å². The molecule has 0 aromatic rings. The number of quaternary nitrogens is 1. The molecule has 2 heteroatoms. The average molecular weight is 227 g/mol. The molecule has 0 amide bonds. The van der Waals surface area contributed by atoms with Gasteiger partial charge in [0.1, 0.15) is 0 Å². The second kappa shape index (κ2) is 9.86. The van der Waals surface area contributed by atoms with E-state index in [0.717, 1.165) is 32.4 Å². The van der Waals surface area contributed by atoms with Crippen molar-refractivity contribution in [1.29, 1.82) is 0 Å². The van der Waals surface area contributed by atoms with E-state index >= 15 is 0 Å². The van der Waals surface area contributed by atoms with Crippen LogP contribution in [-0.2, 0) is 0 Å². The maximum absolute atomic E-state index is 12.3. The molecule has 0 N–H and O–H groups in total. The molecule has 0 heterocycles. The Bertz CT molecular complexity index is 172. The van der Waals surface area contributed by atoms with E-state index in [1.54, 1.807) is 0 Å². The van der Waals surface area contributed by atoms with E-state index in [9.17, 15) is 5.21 Å². The molecule has 0 unspecified atom stereocenters. The van der Waals surface area contributed by atoms with Crippen molar-refractivity contribution in [2.45, 2.75) is 59.3 Å². The first-order valence-electron chi connectivity index (χ1n) is 6.90. The summed E-state index contributed by atoms with van der Waals surface area (Å²) in [5.41, 5.74) is 0. The summed E-state index contributed by atoms with van der Waals surface area (Å²) >= 11 is 0. The van der Waals surface area contributed by atoms with Crippen LogP contribution in [0.25, 0.3) is 0 Å². The van der Waals surface area contributed by atoms with Crippen LogP contribution in [0.2, 0.25) is 0 Å². The van der Waals surface area contributed by atoms with Gasteiger partial charge < -0.3 is 9.85 Å². The Morgan fingerprint density at radius 2 is 1.50 bits per heavy atom. The Morgan fingerprint density at radius 1 is 0.875 bits per heavy atom. The molecular weight excluding hydrogens is 198 g/mol. The van der Waals surface area contributed by atoms with Gasteiger partial charge in [-0.15, -0.1) is 0 Å². The van der Waals surface area contributed by atoms with Crippen molar-refractivity contribution in [2.75, 3.05) is 19.6 Å². The standard InChI is InChI=1S/C14H29NO/c1-4-7-8-9-10-11-14-15(16,12-5-2)13-6-3/h10-11H,4-9,12-14H2,1-3H3/b11-10+. The molecular formula is C14H29NO. The van der Waals surface area contributed by atoms with Gasteiger partial charge in [0.15, 0.2) is 0 Å². The van der Waals surface area contributed by atoms with E-state index in [4.69, 9.17) is 0 Å². The van der Waals surface area contributed by atoms with E-state index < -0.39 is 0 Å². The van der Waals surface area contributed by atoms with Crippen LogP contribution in [0.5, 0.6) is 0 Å². The molecule has 0 aliphatic carbocycles. The SMILES string of the molecule is CCCCC/C=C/C[N+]([O-])(CCC)CCC. The zero-order valence-corrected chi connectivity index (χ0v) is 11.4. The van der Waals surface area contributed by atoms with E-state index in [1.807, 2.05) is 0 Å². The van der Waals surface area contributed by atoms with E-state index in [1.165, 1.54) is 19.3 Å². The van der Waals surface area contributed by atoms with Gasteiger partial charge in [-0.1, -0.05) is 39.7 Å². The Balaban J connectivity index is 3.82. The van der Waals surface area contributed by atoms with Crippen LogP contribution in [0.3, 0.4) is 0 Å². The Morgan fingerprint density at radius 3 is 2.00 bits per heavy atom. The Labute approximate surface area is 102 Å². The van der Waals surface area contributed by atoms with Crippen molar-refractivity contribution < 1.29 is 4.65 Å². The summed E-state index contributed by atoms with van der Waals surface area (Å²) in [6.07, 6.45) is 11.2. The molecule has 0 rings (SSSR count). The minimum atomic E-state index is -0.0305. The van der Waals surface area contributed by atoms with E-state index in [0.29, 0.717) is 6.54 Å². The second-order valence-corrected chi connectivity index (χ2v) is 4.66. The zero-order valence-electron chi connectivity index (χ0n) is 11.4. The predicted octanol–water partition coefficient (Wildman–Crippen LogP) is 4.26. The third-order valence-electron chi connectivity index (χ3n) is 2.84. The molecule has 0 aromatic heterocycles. The minimum Gasteiger partial charge on any atom is -0.633 e. The quantitative estimate of drug-likeness (QED) is 0.237. The number of allylic oxidation sites excluding steroid dienone is 1. The van der Waals surface area contributed by atoms with E-state index in [-0.39, 0.29) is 4.65 Å². The van der Waals surface area contributed by atoms with Gasteiger partial charge >= 0.3 is 0 Å².